The number of hydrogen-bond acceptors (Lipinski definition) is 2. The molecule has 0 aromatic heterocycles. The standard InChI is InChI=1S/C11H14O2S/c1-9-4-6-10(7-5-9)14-8-2-3-11(12)13/h4-7H,2-3,8H2,1H3,(H,12,13). The van der Waals surface area contributed by atoms with Gasteiger partial charge in [0.1, 0.15) is 0 Å². The normalized spacial score (nSPS) is 10.1. The molecule has 3 heteroatoms. The van der Waals surface area contributed by atoms with Crippen LogP contribution in [-0.4, -0.2) is 16.8 Å². The zero-order chi connectivity index (χ0) is 10.4. The number of hydrogen-bond donors (Lipinski definition) is 1. The molecule has 0 heterocycles. The largest absolute Gasteiger partial charge is 0.481 e. The Morgan fingerprint density at radius 2 is 2.00 bits per heavy atom. The highest BCUT2D eigenvalue weighted by molar-refractivity contribution is 7.99. The summed E-state index contributed by atoms with van der Waals surface area (Å²) in [6.45, 7) is 2.05. The van der Waals surface area contributed by atoms with Gasteiger partial charge in [-0.05, 0) is 31.2 Å². The van der Waals surface area contributed by atoms with Crippen molar-refractivity contribution in [2.75, 3.05) is 5.75 Å². The molecule has 1 rings (SSSR count). The van der Waals surface area contributed by atoms with E-state index in [0.29, 0.717) is 0 Å². The summed E-state index contributed by atoms with van der Waals surface area (Å²) in [5.41, 5.74) is 1.25. The quantitative estimate of drug-likeness (QED) is 0.599. The molecule has 0 unspecified atom stereocenters. The Hall–Kier alpha value is -0.960. The maximum Gasteiger partial charge on any atom is 0.303 e. The molecule has 0 aliphatic rings. The number of carboxylic acids is 1. The molecule has 0 aliphatic heterocycles. The van der Waals surface area contributed by atoms with Gasteiger partial charge in [0.05, 0.1) is 0 Å². The number of thioether (sulfide) groups is 1. The third kappa shape index (κ3) is 4.33. The van der Waals surface area contributed by atoms with E-state index in [1.807, 2.05) is 0 Å². The fraction of sp³-hybridized carbons (Fsp3) is 0.364. The minimum absolute atomic E-state index is 0.263. The third-order valence-electron chi connectivity index (χ3n) is 1.82. The van der Waals surface area contributed by atoms with Crippen LogP contribution < -0.4 is 0 Å². The van der Waals surface area contributed by atoms with Gasteiger partial charge in [0, 0.05) is 11.3 Å². The molecule has 0 amide bonds. The average molecular weight is 210 g/mol. The first kappa shape index (κ1) is 11.1. The fourth-order valence-corrected chi connectivity index (χ4v) is 1.90. The Labute approximate surface area is 88.3 Å². The molecule has 14 heavy (non-hydrogen) atoms. The summed E-state index contributed by atoms with van der Waals surface area (Å²) in [5, 5.41) is 8.44. The van der Waals surface area contributed by atoms with Crippen molar-refractivity contribution in [1.29, 1.82) is 0 Å². The van der Waals surface area contributed by atoms with Crippen LogP contribution in [-0.2, 0) is 4.79 Å². The van der Waals surface area contributed by atoms with Crippen LogP contribution in [0.2, 0.25) is 0 Å². The number of aliphatic carboxylic acids is 1. The van der Waals surface area contributed by atoms with Crippen molar-refractivity contribution in [3.63, 3.8) is 0 Å². The molecule has 2 nitrogen and oxygen atoms in total. The summed E-state index contributed by atoms with van der Waals surface area (Å²) in [5.74, 6) is 0.157. The molecule has 1 aromatic carbocycles. The van der Waals surface area contributed by atoms with E-state index in [2.05, 4.69) is 31.2 Å². The van der Waals surface area contributed by atoms with E-state index in [1.165, 1.54) is 10.5 Å². The molecule has 76 valence electrons. The first-order chi connectivity index (χ1) is 6.68. The highest BCUT2D eigenvalue weighted by Gasteiger charge is 1.97. The highest BCUT2D eigenvalue weighted by atomic mass is 32.2. The van der Waals surface area contributed by atoms with Gasteiger partial charge in [-0.15, -0.1) is 11.8 Å². The van der Waals surface area contributed by atoms with E-state index < -0.39 is 5.97 Å². The lowest BCUT2D eigenvalue weighted by Gasteiger charge is -2.00. The first-order valence-corrected chi connectivity index (χ1v) is 5.58. The molecule has 1 aromatic rings. The zero-order valence-electron chi connectivity index (χ0n) is 8.19. The zero-order valence-corrected chi connectivity index (χ0v) is 9.01. The highest BCUT2D eigenvalue weighted by Crippen LogP contribution is 2.19. The van der Waals surface area contributed by atoms with Crippen LogP contribution in [0.1, 0.15) is 18.4 Å². The lowest BCUT2D eigenvalue weighted by atomic mass is 10.2. The molecule has 0 atom stereocenters. The first-order valence-electron chi connectivity index (χ1n) is 4.60. The van der Waals surface area contributed by atoms with Crippen LogP contribution in [0.25, 0.3) is 0 Å². The Balaban J connectivity index is 2.25. The van der Waals surface area contributed by atoms with Crippen molar-refractivity contribution < 1.29 is 9.90 Å². The second kappa shape index (κ2) is 5.70. The third-order valence-corrected chi connectivity index (χ3v) is 2.92. The SMILES string of the molecule is Cc1ccc(SCCCC(=O)O)cc1. The van der Waals surface area contributed by atoms with E-state index in [-0.39, 0.29) is 6.42 Å². The van der Waals surface area contributed by atoms with Gasteiger partial charge >= 0.3 is 5.97 Å². The van der Waals surface area contributed by atoms with Crippen LogP contribution in [0.3, 0.4) is 0 Å². The number of rotatable bonds is 5. The summed E-state index contributed by atoms with van der Waals surface area (Å²) in [6, 6.07) is 8.28. The van der Waals surface area contributed by atoms with Crippen LogP contribution in [0.15, 0.2) is 29.2 Å². The van der Waals surface area contributed by atoms with Gasteiger partial charge in [0.2, 0.25) is 0 Å². The maximum atomic E-state index is 10.2. The molecule has 0 spiro atoms. The summed E-state index contributed by atoms with van der Waals surface area (Å²) in [4.78, 5) is 11.5. The van der Waals surface area contributed by atoms with Crippen molar-refractivity contribution >= 4 is 17.7 Å². The predicted octanol–water partition coefficient (Wildman–Crippen LogP) is 2.95. The minimum Gasteiger partial charge on any atom is -0.481 e. The average Bonchev–Trinajstić information content (AvgIpc) is 2.15. The molecular formula is C11H14O2S. The molecule has 0 bridgehead atoms. The van der Waals surface area contributed by atoms with E-state index in [9.17, 15) is 4.79 Å². The Kier molecular flexibility index (Phi) is 4.53. The lowest BCUT2D eigenvalue weighted by molar-refractivity contribution is -0.137. The lowest BCUT2D eigenvalue weighted by Crippen LogP contribution is -1.94. The van der Waals surface area contributed by atoms with Crippen LogP contribution in [0, 0.1) is 6.92 Å². The second-order valence-corrected chi connectivity index (χ2v) is 4.33. The fourth-order valence-electron chi connectivity index (χ4n) is 1.05. The van der Waals surface area contributed by atoms with Crippen molar-refractivity contribution in [3.05, 3.63) is 29.8 Å². The summed E-state index contributed by atoms with van der Waals surface area (Å²) >= 11 is 1.71. The van der Waals surface area contributed by atoms with Gasteiger partial charge in [0.15, 0.2) is 0 Å². The molecule has 1 N–H and O–H groups in total. The Morgan fingerprint density at radius 3 is 2.57 bits per heavy atom. The Morgan fingerprint density at radius 1 is 1.36 bits per heavy atom. The Bertz CT molecular complexity index is 293. The van der Waals surface area contributed by atoms with Crippen molar-refractivity contribution in [3.8, 4) is 0 Å². The van der Waals surface area contributed by atoms with Crippen LogP contribution >= 0.6 is 11.8 Å². The molecule has 0 saturated carbocycles. The maximum absolute atomic E-state index is 10.2. The second-order valence-electron chi connectivity index (χ2n) is 3.16. The predicted molar refractivity (Wildman–Crippen MR) is 58.8 cm³/mol. The van der Waals surface area contributed by atoms with Crippen molar-refractivity contribution in [1.82, 2.24) is 0 Å². The van der Waals surface area contributed by atoms with Crippen molar-refractivity contribution in [2.45, 2.75) is 24.7 Å². The summed E-state index contributed by atoms with van der Waals surface area (Å²) in [6.07, 6.45) is 0.993. The number of carbonyl (C=O) groups is 1. The summed E-state index contributed by atoms with van der Waals surface area (Å²) < 4.78 is 0. The van der Waals surface area contributed by atoms with Crippen molar-refractivity contribution in [2.24, 2.45) is 0 Å². The van der Waals surface area contributed by atoms with Crippen LogP contribution in [0.5, 0.6) is 0 Å². The van der Waals surface area contributed by atoms with Gasteiger partial charge in [-0.2, -0.15) is 0 Å². The summed E-state index contributed by atoms with van der Waals surface area (Å²) in [7, 11) is 0. The molecule has 0 saturated heterocycles. The topological polar surface area (TPSA) is 37.3 Å². The van der Waals surface area contributed by atoms with Gasteiger partial charge in [-0.3, -0.25) is 4.79 Å². The minimum atomic E-state index is -0.713. The van der Waals surface area contributed by atoms with Crippen LogP contribution in [0.4, 0.5) is 0 Å². The monoisotopic (exact) mass is 210 g/mol. The number of aryl methyl sites for hydroxylation is 1. The van der Waals surface area contributed by atoms with E-state index in [0.717, 1.165) is 12.2 Å². The smallest absolute Gasteiger partial charge is 0.303 e. The van der Waals surface area contributed by atoms with Gasteiger partial charge < -0.3 is 5.11 Å². The number of benzene rings is 1. The van der Waals surface area contributed by atoms with E-state index in [1.54, 1.807) is 11.8 Å². The molecule has 0 fully saturated rings. The van der Waals surface area contributed by atoms with E-state index >= 15 is 0 Å². The van der Waals surface area contributed by atoms with Gasteiger partial charge in [-0.1, -0.05) is 17.7 Å². The molecular weight excluding hydrogens is 196 g/mol. The van der Waals surface area contributed by atoms with E-state index in [4.69, 9.17) is 5.11 Å². The van der Waals surface area contributed by atoms with Gasteiger partial charge in [0.25, 0.3) is 0 Å². The molecule has 0 aliphatic carbocycles. The van der Waals surface area contributed by atoms with Gasteiger partial charge in [-0.25, -0.2) is 0 Å². The number of carboxylic acid groups (broad SMARTS) is 1. The molecule has 0 radical (unpaired) electrons.